The zero-order chi connectivity index (χ0) is 22.3. The number of pyridine rings is 1. The number of thioether (sulfide) groups is 1. The first kappa shape index (κ1) is 21.2. The molecule has 31 heavy (non-hydrogen) atoms. The highest BCUT2D eigenvalue weighted by molar-refractivity contribution is 8.00. The second-order valence-corrected chi connectivity index (χ2v) is 9.33. The third-order valence-electron chi connectivity index (χ3n) is 4.64. The predicted octanol–water partition coefficient (Wildman–Crippen LogP) is 1.81. The van der Waals surface area contributed by atoms with E-state index in [1.807, 2.05) is 6.07 Å². The van der Waals surface area contributed by atoms with Gasteiger partial charge >= 0.3 is 11.9 Å². The van der Waals surface area contributed by atoms with Crippen molar-refractivity contribution in [2.75, 3.05) is 17.7 Å². The summed E-state index contributed by atoms with van der Waals surface area (Å²) in [7, 11) is 0. The molecule has 2 aromatic rings. The smallest absolute Gasteiger partial charge is 0.355 e. The number of fused-ring (bicyclic) bond motifs is 2. The van der Waals surface area contributed by atoms with Crippen molar-refractivity contribution in [3.05, 3.63) is 29.6 Å². The summed E-state index contributed by atoms with van der Waals surface area (Å²) in [6.07, 6.45) is 1.64. The lowest BCUT2D eigenvalue weighted by Gasteiger charge is -2.49. The Bertz CT molecular complexity index is 1060. The Morgan fingerprint density at radius 2 is 2.16 bits per heavy atom. The third-order valence-corrected chi connectivity index (χ3v) is 5.98. The maximum Gasteiger partial charge on any atom is 0.355 e. The number of nitrogens with one attached hydrogen (secondary N) is 2. The molecular formula is C20H23N5O5S. The molecule has 0 aliphatic carbocycles. The Kier molecular flexibility index (Phi) is 5.38. The van der Waals surface area contributed by atoms with Crippen molar-refractivity contribution in [3.63, 3.8) is 0 Å². The summed E-state index contributed by atoms with van der Waals surface area (Å²) in [6.45, 7) is 6.49. The Morgan fingerprint density at radius 1 is 1.39 bits per heavy atom. The molecule has 0 radical (unpaired) electrons. The van der Waals surface area contributed by atoms with Crippen LogP contribution in [0.2, 0.25) is 0 Å². The molecule has 1 unspecified atom stereocenters. The molecule has 2 atom stereocenters. The van der Waals surface area contributed by atoms with E-state index in [0.717, 1.165) is 5.52 Å². The van der Waals surface area contributed by atoms with Gasteiger partial charge in [0.25, 0.3) is 5.91 Å². The van der Waals surface area contributed by atoms with Crippen LogP contribution in [0.15, 0.2) is 29.6 Å². The molecule has 4 rings (SSSR count). The number of nitrogens with zero attached hydrogens (tertiary/aromatic N) is 3. The fourth-order valence-corrected chi connectivity index (χ4v) is 4.69. The second-order valence-electron chi connectivity index (χ2n) is 8.23. The number of aromatic nitrogens is 3. The maximum atomic E-state index is 13.0. The van der Waals surface area contributed by atoms with Gasteiger partial charge in [-0.15, -0.1) is 11.8 Å². The first-order valence-electron chi connectivity index (χ1n) is 9.75. The van der Waals surface area contributed by atoms with Gasteiger partial charge in [-0.2, -0.15) is 4.98 Å². The van der Waals surface area contributed by atoms with Gasteiger partial charge in [-0.25, -0.2) is 9.78 Å². The largest absolute Gasteiger partial charge is 0.461 e. The van der Waals surface area contributed by atoms with Crippen molar-refractivity contribution >= 4 is 46.7 Å². The molecule has 0 spiro atoms. The molecule has 1 amide bonds. The summed E-state index contributed by atoms with van der Waals surface area (Å²) >= 11 is 1.48. The molecule has 2 N–H and O–H groups in total. The van der Waals surface area contributed by atoms with E-state index < -0.39 is 23.6 Å². The van der Waals surface area contributed by atoms with E-state index in [0.29, 0.717) is 22.9 Å². The Hall–Kier alpha value is -3.08. The lowest BCUT2D eigenvalue weighted by molar-refractivity contribution is -0.157. The van der Waals surface area contributed by atoms with Crippen LogP contribution in [-0.4, -0.2) is 67.1 Å². The topological polar surface area (TPSA) is 127 Å². The van der Waals surface area contributed by atoms with Crippen LogP contribution in [0.5, 0.6) is 0 Å². The van der Waals surface area contributed by atoms with E-state index in [-0.39, 0.29) is 23.6 Å². The summed E-state index contributed by atoms with van der Waals surface area (Å²) in [5.74, 6) is -0.501. The standard InChI is InChI=1S/C20H23N5O5S/c1-10(26)29-8-11-9-31-17-13(23-19-22-12-6-5-7-21-15(12)24-19)16(27)25(17)14(11)18(28)30-20(2,3)4/h5-7,13,17H,8-9H2,1-4H3,(H2,21,22,23,24)/t13-,17?/m1/s1. The van der Waals surface area contributed by atoms with Crippen molar-refractivity contribution in [1.82, 2.24) is 19.9 Å². The third kappa shape index (κ3) is 4.22. The van der Waals surface area contributed by atoms with Gasteiger partial charge in [0, 0.05) is 24.4 Å². The Labute approximate surface area is 182 Å². The Morgan fingerprint density at radius 3 is 2.84 bits per heavy atom. The van der Waals surface area contributed by atoms with Crippen LogP contribution >= 0.6 is 11.8 Å². The van der Waals surface area contributed by atoms with Gasteiger partial charge in [-0.1, -0.05) is 0 Å². The number of carbonyl (C=O) groups excluding carboxylic acids is 3. The summed E-state index contributed by atoms with van der Waals surface area (Å²) < 4.78 is 10.6. The fourth-order valence-electron chi connectivity index (χ4n) is 3.36. The van der Waals surface area contributed by atoms with Gasteiger partial charge in [0.05, 0.1) is 5.52 Å². The number of anilines is 1. The summed E-state index contributed by atoms with van der Waals surface area (Å²) in [6, 6.07) is 3.06. The highest BCUT2D eigenvalue weighted by Crippen LogP contribution is 2.42. The monoisotopic (exact) mass is 445 g/mol. The highest BCUT2D eigenvalue weighted by atomic mass is 32.2. The fraction of sp³-hybridized carbons (Fsp3) is 0.450. The molecule has 2 aliphatic rings. The number of hydrogen-bond acceptors (Lipinski definition) is 9. The maximum absolute atomic E-state index is 13.0. The van der Waals surface area contributed by atoms with Crippen LogP contribution in [0.1, 0.15) is 27.7 Å². The molecule has 10 nitrogen and oxygen atoms in total. The zero-order valence-electron chi connectivity index (χ0n) is 17.6. The SMILES string of the molecule is CC(=O)OCC1=C(C(=O)OC(C)(C)C)N2C(=O)[C@@H](Nc3nc4ncccc4[nH]3)C2SC1. The van der Waals surface area contributed by atoms with E-state index in [1.165, 1.54) is 23.6 Å². The highest BCUT2D eigenvalue weighted by Gasteiger charge is 2.54. The number of ether oxygens (including phenoxy) is 2. The normalized spacial score (nSPS) is 20.9. The predicted molar refractivity (Wildman–Crippen MR) is 114 cm³/mol. The van der Waals surface area contributed by atoms with Crippen LogP contribution < -0.4 is 5.32 Å². The summed E-state index contributed by atoms with van der Waals surface area (Å²) in [5.41, 5.74) is 1.26. The number of amides is 1. The number of aromatic amines is 1. The molecule has 4 heterocycles. The average Bonchev–Trinajstić information content (AvgIpc) is 3.11. The van der Waals surface area contributed by atoms with Crippen LogP contribution in [0, 0.1) is 0 Å². The minimum Gasteiger partial charge on any atom is -0.461 e. The number of rotatable bonds is 5. The van der Waals surface area contributed by atoms with Gasteiger partial charge in [-0.05, 0) is 32.9 Å². The molecule has 1 fully saturated rings. The average molecular weight is 446 g/mol. The van der Waals surface area contributed by atoms with E-state index >= 15 is 0 Å². The molecule has 164 valence electrons. The minimum atomic E-state index is -0.733. The minimum absolute atomic E-state index is 0.0687. The van der Waals surface area contributed by atoms with Crippen molar-refractivity contribution in [2.45, 2.75) is 44.7 Å². The van der Waals surface area contributed by atoms with E-state index in [9.17, 15) is 14.4 Å². The number of H-pyrrole nitrogens is 1. The number of esters is 2. The quantitative estimate of drug-likeness (QED) is 0.523. The second kappa shape index (κ2) is 7.88. The van der Waals surface area contributed by atoms with Crippen LogP contribution in [0.25, 0.3) is 11.2 Å². The molecule has 0 aromatic carbocycles. The number of carbonyl (C=O) groups is 3. The van der Waals surface area contributed by atoms with Gasteiger partial charge in [-0.3, -0.25) is 14.5 Å². The van der Waals surface area contributed by atoms with Crippen molar-refractivity contribution in [3.8, 4) is 0 Å². The summed E-state index contributed by atoms with van der Waals surface area (Å²) in [4.78, 5) is 50.2. The number of β-lactam (4-membered cyclic amide) rings is 1. The lowest BCUT2D eigenvalue weighted by Crippen LogP contribution is -2.68. The van der Waals surface area contributed by atoms with Gasteiger partial charge in [0.1, 0.15) is 29.3 Å². The molecule has 2 aromatic heterocycles. The van der Waals surface area contributed by atoms with Crippen LogP contribution in [0.3, 0.4) is 0 Å². The van der Waals surface area contributed by atoms with Crippen molar-refractivity contribution < 1.29 is 23.9 Å². The van der Waals surface area contributed by atoms with Crippen molar-refractivity contribution in [1.29, 1.82) is 0 Å². The van der Waals surface area contributed by atoms with E-state index in [1.54, 1.807) is 33.0 Å². The van der Waals surface area contributed by atoms with E-state index in [4.69, 9.17) is 9.47 Å². The van der Waals surface area contributed by atoms with Crippen LogP contribution in [0.4, 0.5) is 5.95 Å². The molecule has 2 aliphatic heterocycles. The number of imidazole rings is 1. The van der Waals surface area contributed by atoms with Gasteiger partial charge in [0.2, 0.25) is 5.95 Å². The van der Waals surface area contributed by atoms with Gasteiger partial charge < -0.3 is 19.8 Å². The number of hydrogen-bond donors (Lipinski definition) is 2. The van der Waals surface area contributed by atoms with Crippen LogP contribution in [-0.2, 0) is 23.9 Å². The molecular weight excluding hydrogens is 422 g/mol. The first-order valence-corrected chi connectivity index (χ1v) is 10.8. The summed E-state index contributed by atoms with van der Waals surface area (Å²) in [5, 5.41) is 2.79. The lowest BCUT2D eigenvalue weighted by atomic mass is 10.0. The van der Waals surface area contributed by atoms with Gasteiger partial charge in [0.15, 0.2) is 5.65 Å². The molecule has 0 saturated carbocycles. The first-order chi connectivity index (χ1) is 14.6. The Balaban J connectivity index is 1.57. The van der Waals surface area contributed by atoms with E-state index in [2.05, 4.69) is 20.3 Å². The van der Waals surface area contributed by atoms with Crippen molar-refractivity contribution in [2.24, 2.45) is 0 Å². The molecule has 11 heteroatoms. The molecule has 0 bridgehead atoms. The molecule has 1 saturated heterocycles. The zero-order valence-corrected chi connectivity index (χ0v) is 18.4.